The van der Waals surface area contributed by atoms with E-state index >= 15 is 0 Å². The molecule has 1 atom stereocenters. The highest BCUT2D eigenvalue weighted by molar-refractivity contribution is 6.30. The van der Waals surface area contributed by atoms with Gasteiger partial charge in [0.1, 0.15) is 10.9 Å². The van der Waals surface area contributed by atoms with Crippen LogP contribution in [0.25, 0.3) is 10.9 Å². The topological polar surface area (TPSA) is 34.6 Å². The Morgan fingerprint density at radius 3 is 2.71 bits per heavy atom. The van der Waals surface area contributed by atoms with E-state index in [0.29, 0.717) is 17.8 Å². The summed E-state index contributed by atoms with van der Waals surface area (Å²) in [7, 11) is 5.41. The van der Waals surface area contributed by atoms with Crippen LogP contribution in [-0.2, 0) is 11.3 Å². The molecule has 1 aromatic carbocycles. The summed E-state index contributed by atoms with van der Waals surface area (Å²) in [4.78, 5) is 6.67. The molecule has 0 amide bonds. The van der Waals surface area contributed by atoms with Gasteiger partial charge in [0.05, 0.1) is 19.2 Å². The van der Waals surface area contributed by atoms with E-state index in [-0.39, 0.29) is 0 Å². The third-order valence-electron chi connectivity index (χ3n) is 3.63. The zero-order valence-electron chi connectivity index (χ0n) is 12.9. The van der Waals surface area contributed by atoms with E-state index in [2.05, 4.69) is 29.9 Å². The Morgan fingerprint density at radius 1 is 1.29 bits per heavy atom. The summed E-state index contributed by atoms with van der Waals surface area (Å²) in [5, 5.41) is 1.59. The molecule has 0 bridgehead atoms. The highest BCUT2D eigenvalue weighted by Gasteiger charge is 2.13. The molecule has 0 N–H and O–H groups in total. The van der Waals surface area contributed by atoms with Gasteiger partial charge in [-0.2, -0.15) is 0 Å². The van der Waals surface area contributed by atoms with Gasteiger partial charge in [-0.3, -0.25) is 4.90 Å². The van der Waals surface area contributed by atoms with Crippen LogP contribution in [0.2, 0.25) is 5.15 Å². The summed E-state index contributed by atoms with van der Waals surface area (Å²) < 4.78 is 10.4. The van der Waals surface area contributed by atoms with Crippen LogP contribution < -0.4 is 4.74 Å². The molecule has 5 heteroatoms. The molecule has 0 radical (unpaired) electrons. The number of ether oxygens (including phenoxy) is 2. The molecule has 2 aromatic rings. The molecule has 1 heterocycles. The van der Waals surface area contributed by atoms with Gasteiger partial charge in [0, 0.05) is 36.7 Å². The first-order valence-corrected chi connectivity index (χ1v) is 7.25. The van der Waals surface area contributed by atoms with Crippen LogP contribution in [0.4, 0.5) is 0 Å². The van der Waals surface area contributed by atoms with E-state index in [1.807, 2.05) is 18.2 Å². The molecule has 0 fully saturated rings. The minimum Gasteiger partial charge on any atom is -0.497 e. The maximum Gasteiger partial charge on any atom is 0.134 e. The van der Waals surface area contributed by atoms with Crippen molar-refractivity contribution in [3.63, 3.8) is 0 Å². The molecule has 21 heavy (non-hydrogen) atoms. The number of nitrogens with zero attached hydrogens (tertiary/aromatic N) is 2. The van der Waals surface area contributed by atoms with Crippen molar-refractivity contribution in [1.29, 1.82) is 0 Å². The quantitative estimate of drug-likeness (QED) is 0.766. The summed E-state index contributed by atoms with van der Waals surface area (Å²) >= 11 is 6.31. The molecule has 2 rings (SSSR count). The van der Waals surface area contributed by atoms with Gasteiger partial charge in [-0.1, -0.05) is 11.6 Å². The standard InChI is InChI=1S/C16H21ClN2O2/c1-11(10-20-3)19(2)9-13-7-12-5-6-14(21-4)8-15(12)18-16(13)17/h5-8,11H,9-10H2,1-4H3. The van der Waals surface area contributed by atoms with Crippen molar-refractivity contribution in [3.8, 4) is 5.75 Å². The number of rotatable bonds is 6. The Labute approximate surface area is 130 Å². The second-order valence-electron chi connectivity index (χ2n) is 5.22. The third kappa shape index (κ3) is 3.84. The maximum absolute atomic E-state index is 6.31. The molecular formula is C16H21ClN2O2. The molecule has 0 aliphatic heterocycles. The fraction of sp³-hybridized carbons (Fsp3) is 0.438. The van der Waals surface area contributed by atoms with Crippen molar-refractivity contribution in [2.75, 3.05) is 27.9 Å². The number of likely N-dealkylation sites (N-methyl/N-ethyl adjacent to an activating group) is 1. The molecule has 1 aromatic heterocycles. The molecule has 0 aliphatic rings. The average molecular weight is 309 g/mol. The highest BCUT2D eigenvalue weighted by Crippen LogP contribution is 2.25. The summed E-state index contributed by atoms with van der Waals surface area (Å²) in [5.41, 5.74) is 1.86. The van der Waals surface area contributed by atoms with E-state index in [1.54, 1.807) is 14.2 Å². The largest absolute Gasteiger partial charge is 0.497 e. The summed E-state index contributed by atoms with van der Waals surface area (Å²) in [6, 6.07) is 8.22. The molecule has 0 spiro atoms. The molecule has 0 saturated carbocycles. The number of pyridine rings is 1. The van der Waals surface area contributed by atoms with Gasteiger partial charge in [0.25, 0.3) is 0 Å². The first-order valence-electron chi connectivity index (χ1n) is 6.87. The Hall–Kier alpha value is -1.36. The van der Waals surface area contributed by atoms with E-state index in [4.69, 9.17) is 21.1 Å². The highest BCUT2D eigenvalue weighted by atomic mass is 35.5. The normalized spacial score (nSPS) is 12.9. The van der Waals surface area contributed by atoms with E-state index in [1.165, 1.54) is 0 Å². The Morgan fingerprint density at radius 2 is 2.05 bits per heavy atom. The monoisotopic (exact) mass is 308 g/mol. The van der Waals surface area contributed by atoms with E-state index < -0.39 is 0 Å². The predicted octanol–water partition coefficient (Wildman–Crippen LogP) is 3.36. The van der Waals surface area contributed by atoms with Crippen LogP contribution in [0.15, 0.2) is 24.3 Å². The smallest absolute Gasteiger partial charge is 0.134 e. The zero-order valence-corrected chi connectivity index (χ0v) is 13.6. The third-order valence-corrected chi connectivity index (χ3v) is 3.96. The van der Waals surface area contributed by atoms with Crippen molar-refractivity contribution < 1.29 is 9.47 Å². The second kappa shape index (κ2) is 7.07. The number of hydrogen-bond acceptors (Lipinski definition) is 4. The van der Waals surface area contributed by atoms with Crippen molar-refractivity contribution in [3.05, 3.63) is 35.0 Å². The van der Waals surface area contributed by atoms with Gasteiger partial charge in [0.2, 0.25) is 0 Å². The van der Waals surface area contributed by atoms with Crippen LogP contribution >= 0.6 is 11.6 Å². The Balaban J connectivity index is 2.26. The lowest BCUT2D eigenvalue weighted by atomic mass is 10.1. The van der Waals surface area contributed by atoms with Gasteiger partial charge in [-0.05, 0) is 32.2 Å². The average Bonchev–Trinajstić information content (AvgIpc) is 2.47. The fourth-order valence-electron chi connectivity index (χ4n) is 2.20. The number of fused-ring (bicyclic) bond motifs is 1. The summed E-state index contributed by atoms with van der Waals surface area (Å²) in [5.74, 6) is 0.782. The van der Waals surface area contributed by atoms with Crippen molar-refractivity contribution >= 4 is 22.5 Å². The zero-order chi connectivity index (χ0) is 15.4. The van der Waals surface area contributed by atoms with E-state index in [9.17, 15) is 0 Å². The lowest BCUT2D eigenvalue weighted by molar-refractivity contribution is 0.112. The van der Waals surface area contributed by atoms with Crippen molar-refractivity contribution in [1.82, 2.24) is 9.88 Å². The van der Waals surface area contributed by atoms with Crippen molar-refractivity contribution in [2.24, 2.45) is 0 Å². The molecule has 0 saturated heterocycles. The minimum absolute atomic E-state index is 0.317. The first kappa shape index (κ1) is 16.0. The number of halogens is 1. The molecule has 4 nitrogen and oxygen atoms in total. The minimum atomic E-state index is 0.317. The van der Waals surface area contributed by atoms with Crippen LogP contribution in [-0.4, -0.2) is 43.8 Å². The first-order chi connectivity index (χ1) is 10.0. The van der Waals surface area contributed by atoms with Gasteiger partial charge in [-0.25, -0.2) is 4.98 Å². The second-order valence-corrected chi connectivity index (χ2v) is 5.57. The lowest BCUT2D eigenvalue weighted by Crippen LogP contribution is -2.32. The predicted molar refractivity (Wildman–Crippen MR) is 86.1 cm³/mol. The fourth-order valence-corrected chi connectivity index (χ4v) is 2.40. The molecular weight excluding hydrogens is 288 g/mol. The van der Waals surface area contributed by atoms with Crippen molar-refractivity contribution in [2.45, 2.75) is 19.5 Å². The molecule has 1 unspecified atom stereocenters. The van der Waals surface area contributed by atoms with Crippen LogP contribution in [0, 0.1) is 0 Å². The lowest BCUT2D eigenvalue weighted by Gasteiger charge is -2.24. The summed E-state index contributed by atoms with van der Waals surface area (Å²) in [6.45, 7) is 3.54. The SMILES string of the molecule is COCC(C)N(C)Cc1cc2ccc(OC)cc2nc1Cl. The van der Waals surface area contributed by atoms with Crippen LogP contribution in [0.5, 0.6) is 5.75 Å². The number of benzene rings is 1. The van der Waals surface area contributed by atoms with E-state index in [0.717, 1.165) is 28.8 Å². The van der Waals surface area contributed by atoms with Gasteiger partial charge in [0.15, 0.2) is 0 Å². The maximum atomic E-state index is 6.31. The number of methoxy groups -OCH3 is 2. The van der Waals surface area contributed by atoms with Crippen LogP contribution in [0.3, 0.4) is 0 Å². The Kier molecular flexibility index (Phi) is 5.39. The van der Waals surface area contributed by atoms with Gasteiger partial charge >= 0.3 is 0 Å². The molecule has 114 valence electrons. The van der Waals surface area contributed by atoms with Gasteiger partial charge < -0.3 is 9.47 Å². The number of aromatic nitrogens is 1. The summed E-state index contributed by atoms with van der Waals surface area (Å²) in [6.07, 6.45) is 0. The Bertz CT molecular complexity index is 618. The van der Waals surface area contributed by atoms with Gasteiger partial charge in [-0.15, -0.1) is 0 Å². The van der Waals surface area contributed by atoms with Crippen LogP contribution in [0.1, 0.15) is 12.5 Å². The number of hydrogen-bond donors (Lipinski definition) is 0. The molecule has 0 aliphatic carbocycles.